The third kappa shape index (κ3) is 4.11. The van der Waals surface area contributed by atoms with Gasteiger partial charge in [-0.05, 0) is 49.4 Å². The first-order valence-corrected chi connectivity index (χ1v) is 11.7. The van der Waals surface area contributed by atoms with Crippen molar-refractivity contribution in [3.05, 3.63) is 56.2 Å². The molecule has 1 aliphatic heterocycles. The van der Waals surface area contributed by atoms with E-state index in [4.69, 9.17) is 15.0 Å². The van der Waals surface area contributed by atoms with E-state index in [2.05, 4.69) is 19.9 Å². The van der Waals surface area contributed by atoms with Crippen LogP contribution < -0.4 is 5.56 Å². The summed E-state index contributed by atoms with van der Waals surface area (Å²) in [4.78, 5) is 20.3. The van der Waals surface area contributed by atoms with Gasteiger partial charge in [0.1, 0.15) is 4.83 Å². The molecule has 0 bridgehead atoms. The fourth-order valence-corrected chi connectivity index (χ4v) is 5.91. The van der Waals surface area contributed by atoms with Crippen LogP contribution in [0, 0.1) is 18.3 Å². The minimum atomic E-state index is 0.0416. The molecule has 0 amide bonds. The largest absolute Gasteiger partial charge is 0.376 e. The van der Waals surface area contributed by atoms with Crippen molar-refractivity contribution in [3.8, 4) is 6.07 Å². The second-order valence-corrected chi connectivity index (χ2v) is 9.36. The summed E-state index contributed by atoms with van der Waals surface area (Å²) < 4.78 is 7.61. The van der Waals surface area contributed by atoms with Gasteiger partial charge >= 0.3 is 0 Å². The Balaban J connectivity index is 1.74. The lowest BCUT2D eigenvalue weighted by molar-refractivity contribution is 0.0937. The smallest absolute Gasteiger partial charge is 0.263 e. The molecule has 150 valence electrons. The number of hydrogen-bond donors (Lipinski definition) is 0. The first kappa shape index (κ1) is 20.1. The van der Waals surface area contributed by atoms with Gasteiger partial charge in [0, 0.05) is 17.2 Å². The number of benzene rings is 1. The molecule has 0 saturated carbocycles. The number of aryl methyl sites for hydroxylation is 2. The van der Waals surface area contributed by atoms with Gasteiger partial charge in [0.05, 0.1) is 29.7 Å². The van der Waals surface area contributed by atoms with Crippen molar-refractivity contribution in [2.24, 2.45) is 0 Å². The number of thioether (sulfide) groups is 1. The van der Waals surface area contributed by atoms with E-state index in [0.29, 0.717) is 17.9 Å². The average Bonchev–Trinajstić information content (AvgIpc) is 3.35. The van der Waals surface area contributed by atoms with Crippen molar-refractivity contribution in [2.45, 2.75) is 56.7 Å². The van der Waals surface area contributed by atoms with E-state index in [0.717, 1.165) is 52.4 Å². The summed E-state index contributed by atoms with van der Waals surface area (Å²) >= 11 is 3.15. The predicted molar refractivity (Wildman–Crippen MR) is 118 cm³/mol. The highest BCUT2D eigenvalue weighted by Crippen LogP contribution is 2.31. The van der Waals surface area contributed by atoms with Crippen LogP contribution in [0.5, 0.6) is 0 Å². The molecule has 0 N–H and O–H groups in total. The van der Waals surface area contributed by atoms with E-state index in [9.17, 15) is 4.79 Å². The SMILES string of the molecule is CCc1c(C)sc2nc(SCc3cccc(C#N)c3)n(CC3CCCO3)c(=O)c12. The van der Waals surface area contributed by atoms with Crippen LogP contribution in [0.1, 0.15) is 41.3 Å². The summed E-state index contributed by atoms with van der Waals surface area (Å²) in [6.45, 7) is 5.45. The minimum Gasteiger partial charge on any atom is -0.376 e. The van der Waals surface area contributed by atoms with Crippen molar-refractivity contribution in [1.29, 1.82) is 5.26 Å². The van der Waals surface area contributed by atoms with Crippen molar-refractivity contribution in [1.82, 2.24) is 9.55 Å². The summed E-state index contributed by atoms with van der Waals surface area (Å²) in [7, 11) is 0. The number of ether oxygens (including phenoxy) is 1. The molecule has 1 atom stereocenters. The molecule has 0 radical (unpaired) electrons. The molecular formula is C22H23N3O2S2. The summed E-state index contributed by atoms with van der Waals surface area (Å²) in [5, 5.41) is 10.6. The van der Waals surface area contributed by atoms with Gasteiger partial charge in [0.15, 0.2) is 5.16 Å². The predicted octanol–water partition coefficient (Wildman–Crippen LogP) is 4.67. The molecule has 0 aliphatic carbocycles. The number of nitrogens with zero attached hydrogens (tertiary/aromatic N) is 3. The van der Waals surface area contributed by atoms with Gasteiger partial charge in [-0.1, -0.05) is 30.8 Å². The second kappa shape index (κ2) is 8.70. The highest BCUT2D eigenvalue weighted by atomic mass is 32.2. The van der Waals surface area contributed by atoms with Gasteiger partial charge in [-0.25, -0.2) is 4.98 Å². The van der Waals surface area contributed by atoms with Crippen LogP contribution in [0.4, 0.5) is 0 Å². The Hall–Kier alpha value is -2.14. The van der Waals surface area contributed by atoms with Gasteiger partial charge < -0.3 is 4.74 Å². The number of nitriles is 1. The highest BCUT2D eigenvalue weighted by Gasteiger charge is 2.22. The van der Waals surface area contributed by atoms with Crippen LogP contribution in [0.15, 0.2) is 34.2 Å². The van der Waals surface area contributed by atoms with Gasteiger partial charge in [-0.3, -0.25) is 9.36 Å². The third-order valence-corrected chi connectivity index (χ3v) is 7.35. The van der Waals surface area contributed by atoms with Gasteiger partial charge in [-0.15, -0.1) is 11.3 Å². The lowest BCUT2D eigenvalue weighted by Gasteiger charge is -2.16. The molecule has 5 nitrogen and oxygen atoms in total. The Morgan fingerprint density at radius 1 is 1.45 bits per heavy atom. The Bertz CT molecular complexity index is 1140. The summed E-state index contributed by atoms with van der Waals surface area (Å²) in [5.41, 5.74) is 2.84. The fraction of sp³-hybridized carbons (Fsp3) is 0.409. The van der Waals surface area contributed by atoms with Gasteiger partial charge in [0.2, 0.25) is 0 Å². The Morgan fingerprint density at radius 3 is 3.03 bits per heavy atom. The summed E-state index contributed by atoms with van der Waals surface area (Å²) in [5.74, 6) is 0.657. The lowest BCUT2D eigenvalue weighted by Crippen LogP contribution is -2.29. The van der Waals surface area contributed by atoms with Crippen molar-refractivity contribution < 1.29 is 4.74 Å². The molecule has 3 aromatic rings. The van der Waals surface area contributed by atoms with E-state index >= 15 is 0 Å². The van der Waals surface area contributed by atoms with E-state index in [-0.39, 0.29) is 11.7 Å². The van der Waals surface area contributed by atoms with Crippen LogP contribution in [0.25, 0.3) is 10.2 Å². The quantitative estimate of drug-likeness (QED) is 0.424. The first-order chi connectivity index (χ1) is 14.1. The van der Waals surface area contributed by atoms with Crippen LogP contribution in [-0.2, 0) is 23.5 Å². The van der Waals surface area contributed by atoms with Gasteiger partial charge in [-0.2, -0.15) is 5.26 Å². The number of fused-ring (bicyclic) bond motifs is 1. The molecule has 7 heteroatoms. The number of thiophene rings is 1. The molecule has 3 heterocycles. The number of aromatic nitrogens is 2. The average molecular weight is 426 g/mol. The van der Waals surface area contributed by atoms with E-state index < -0.39 is 0 Å². The molecule has 1 aliphatic rings. The zero-order valence-electron chi connectivity index (χ0n) is 16.6. The topological polar surface area (TPSA) is 67.9 Å². The maximum absolute atomic E-state index is 13.5. The zero-order chi connectivity index (χ0) is 20.4. The fourth-order valence-electron chi connectivity index (χ4n) is 3.80. The Kier molecular flexibility index (Phi) is 6.04. The molecule has 1 unspecified atom stereocenters. The van der Waals surface area contributed by atoms with Crippen LogP contribution in [-0.4, -0.2) is 22.3 Å². The monoisotopic (exact) mass is 425 g/mol. The third-order valence-electron chi connectivity index (χ3n) is 5.27. The van der Waals surface area contributed by atoms with Crippen molar-refractivity contribution in [3.63, 3.8) is 0 Å². The number of rotatable bonds is 6. The van der Waals surface area contributed by atoms with Crippen LogP contribution in [0.2, 0.25) is 0 Å². The zero-order valence-corrected chi connectivity index (χ0v) is 18.2. The molecule has 0 spiro atoms. The minimum absolute atomic E-state index is 0.0416. The van der Waals surface area contributed by atoms with Gasteiger partial charge in [0.25, 0.3) is 5.56 Å². The highest BCUT2D eigenvalue weighted by molar-refractivity contribution is 7.98. The molecule has 2 aromatic heterocycles. The molecule has 1 aromatic carbocycles. The van der Waals surface area contributed by atoms with Crippen molar-refractivity contribution in [2.75, 3.05) is 6.61 Å². The molecule has 29 heavy (non-hydrogen) atoms. The summed E-state index contributed by atoms with van der Waals surface area (Å²) in [6.07, 6.45) is 2.91. The molecule has 4 rings (SSSR count). The standard InChI is InChI=1S/C22H23N3O2S2/c1-3-18-14(2)29-20-19(18)21(26)25(12-17-8-5-9-27-17)22(24-20)28-13-16-7-4-6-15(10-16)11-23/h4,6-7,10,17H,3,5,8-9,12-13H2,1-2H3. The van der Waals surface area contributed by atoms with Crippen LogP contribution >= 0.6 is 23.1 Å². The van der Waals surface area contributed by atoms with Crippen molar-refractivity contribution >= 4 is 33.3 Å². The lowest BCUT2D eigenvalue weighted by atomic mass is 10.1. The molecule has 1 fully saturated rings. The normalized spacial score (nSPS) is 16.4. The van der Waals surface area contributed by atoms with Crippen LogP contribution in [0.3, 0.4) is 0 Å². The molecule has 1 saturated heterocycles. The maximum Gasteiger partial charge on any atom is 0.263 e. The Morgan fingerprint density at radius 2 is 2.31 bits per heavy atom. The second-order valence-electron chi connectivity index (χ2n) is 7.22. The van der Waals surface area contributed by atoms with E-state index in [1.165, 1.54) is 4.88 Å². The summed E-state index contributed by atoms with van der Waals surface area (Å²) in [6, 6.07) is 9.75. The number of hydrogen-bond acceptors (Lipinski definition) is 6. The molecular weight excluding hydrogens is 402 g/mol. The Labute approximate surface area is 178 Å². The van der Waals surface area contributed by atoms with E-state index in [1.807, 2.05) is 22.8 Å². The first-order valence-electron chi connectivity index (χ1n) is 9.87. The van der Waals surface area contributed by atoms with E-state index in [1.54, 1.807) is 29.2 Å². The maximum atomic E-state index is 13.5.